The van der Waals surface area contributed by atoms with Crippen molar-refractivity contribution in [3.63, 3.8) is 0 Å². The molecule has 0 spiro atoms. The van der Waals surface area contributed by atoms with Crippen LogP contribution < -0.4 is 0 Å². The van der Waals surface area contributed by atoms with E-state index in [4.69, 9.17) is 0 Å². The Morgan fingerprint density at radius 3 is 2.12 bits per heavy atom. The average Bonchev–Trinajstić information content (AvgIpc) is 2.29. The highest BCUT2D eigenvalue weighted by Gasteiger charge is 2.21. The van der Waals surface area contributed by atoms with E-state index in [-0.39, 0.29) is 0 Å². The Bertz CT molecular complexity index is 350. The zero-order valence-electron chi connectivity index (χ0n) is 10.2. The summed E-state index contributed by atoms with van der Waals surface area (Å²) >= 11 is 0. The zero-order valence-corrected chi connectivity index (χ0v) is 10.2. The molecule has 86 valence electrons. The number of rotatable bonds is 4. The van der Waals surface area contributed by atoms with Crippen LogP contribution in [0.5, 0.6) is 0 Å². The summed E-state index contributed by atoms with van der Waals surface area (Å²) in [5.74, 6) is 6.07. The molecular weight excluding hydrogens is 196 g/mol. The van der Waals surface area contributed by atoms with Crippen LogP contribution in [0.2, 0.25) is 0 Å². The molecule has 1 aromatic rings. The minimum absolute atomic E-state index is 0.751. The third-order valence-electron chi connectivity index (χ3n) is 2.54. The van der Waals surface area contributed by atoms with Gasteiger partial charge in [0.05, 0.1) is 0 Å². The maximum absolute atomic E-state index is 10.3. The smallest absolute Gasteiger partial charge is 0.125 e. The van der Waals surface area contributed by atoms with Gasteiger partial charge >= 0.3 is 0 Å². The summed E-state index contributed by atoms with van der Waals surface area (Å²) in [6, 6.07) is 9.82. The third kappa shape index (κ3) is 4.08. The first-order valence-corrected chi connectivity index (χ1v) is 6.01. The largest absolute Gasteiger partial charge is 0.378 e. The van der Waals surface area contributed by atoms with E-state index in [9.17, 15) is 5.11 Å². The molecule has 0 aliphatic carbocycles. The second-order valence-corrected chi connectivity index (χ2v) is 4.15. The lowest BCUT2D eigenvalue weighted by Crippen LogP contribution is -2.25. The third-order valence-corrected chi connectivity index (χ3v) is 2.54. The second kappa shape index (κ2) is 6.35. The topological polar surface area (TPSA) is 20.2 Å². The lowest BCUT2D eigenvalue weighted by molar-refractivity contribution is 0.0807. The molecule has 0 amide bonds. The van der Waals surface area contributed by atoms with Gasteiger partial charge in [-0.2, -0.15) is 0 Å². The molecule has 0 heterocycles. The average molecular weight is 216 g/mol. The second-order valence-electron chi connectivity index (χ2n) is 4.15. The normalized spacial score (nSPS) is 10.7. The summed E-state index contributed by atoms with van der Waals surface area (Å²) < 4.78 is 0. The number of hydrogen-bond donors (Lipinski definition) is 1. The van der Waals surface area contributed by atoms with Gasteiger partial charge in [-0.25, -0.2) is 0 Å². The van der Waals surface area contributed by atoms with Gasteiger partial charge in [0, 0.05) is 5.56 Å². The van der Waals surface area contributed by atoms with Crippen molar-refractivity contribution in [1.82, 2.24) is 0 Å². The van der Waals surface area contributed by atoms with Crippen LogP contribution in [0.4, 0.5) is 0 Å². The number of aliphatic hydroxyl groups is 1. The van der Waals surface area contributed by atoms with E-state index in [1.165, 1.54) is 0 Å². The molecular formula is C15H20O. The van der Waals surface area contributed by atoms with E-state index >= 15 is 0 Å². The van der Waals surface area contributed by atoms with Crippen LogP contribution in [0.15, 0.2) is 30.3 Å². The molecule has 0 aromatic heterocycles. The first-order valence-electron chi connectivity index (χ1n) is 6.01. The van der Waals surface area contributed by atoms with Gasteiger partial charge in [0.25, 0.3) is 0 Å². The van der Waals surface area contributed by atoms with Crippen LogP contribution in [0.1, 0.15) is 45.1 Å². The van der Waals surface area contributed by atoms with Crippen molar-refractivity contribution < 1.29 is 5.11 Å². The molecule has 0 radical (unpaired) electrons. The predicted octanol–water partition coefficient (Wildman–Crippen LogP) is 3.37. The lowest BCUT2D eigenvalue weighted by Gasteiger charge is -2.20. The molecule has 16 heavy (non-hydrogen) atoms. The first kappa shape index (κ1) is 12.8. The number of benzene rings is 1. The van der Waals surface area contributed by atoms with Crippen molar-refractivity contribution in [2.75, 3.05) is 0 Å². The summed E-state index contributed by atoms with van der Waals surface area (Å²) in [5.41, 5.74) is 0.160. The molecule has 1 nitrogen and oxygen atoms in total. The summed E-state index contributed by atoms with van der Waals surface area (Å²) in [7, 11) is 0. The van der Waals surface area contributed by atoms with E-state index in [0.29, 0.717) is 0 Å². The monoisotopic (exact) mass is 216 g/mol. The van der Waals surface area contributed by atoms with Gasteiger partial charge < -0.3 is 5.11 Å². The summed E-state index contributed by atoms with van der Waals surface area (Å²) in [5, 5.41) is 10.3. The Hall–Kier alpha value is -1.26. The predicted molar refractivity (Wildman–Crippen MR) is 68.1 cm³/mol. The van der Waals surface area contributed by atoms with Gasteiger partial charge in [0.1, 0.15) is 5.60 Å². The molecule has 0 unspecified atom stereocenters. The Morgan fingerprint density at radius 1 is 1.06 bits per heavy atom. The molecule has 1 rings (SSSR count). The van der Waals surface area contributed by atoms with Gasteiger partial charge in [0.2, 0.25) is 0 Å². The molecule has 0 atom stereocenters. The van der Waals surface area contributed by atoms with Crippen molar-refractivity contribution in [1.29, 1.82) is 0 Å². The number of hydrogen-bond acceptors (Lipinski definition) is 1. The van der Waals surface area contributed by atoms with Gasteiger partial charge in [-0.05, 0) is 25.0 Å². The minimum atomic E-state index is -0.806. The minimum Gasteiger partial charge on any atom is -0.378 e. The fraction of sp³-hybridized carbons (Fsp3) is 0.467. The van der Waals surface area contributed by atoms with Crippen LogP contribution in [0, 0.1) is 11.8 Å². The highest BCUT2D eigenvalue weighted by Crippen LogP contribution is 2.18. The zero-order chi connectivity index (χ0) is 11.9. The quantitative estimate of drug-likeness (QED) is 0.765. The van der Waals surface area contributed by atoms with Crippen molar-refractivity contribution in [3.8, 4) is 11.8 Å². The van der Waals surface area contributed by atoms with Gasteiger partial charge in [-0.3, -0.25) is 0 Å². The molecule has 1 aromatic carbocycles. The van der Waals surface area contributed by atoms with Crippen molar-refractivity contribution in [3.05, 3.63) is 35.9 Å². The maximum atomic E-state index is 10.3. The van der Waals surface area contributed by atoms with Crippen molar-refractivity contribution in [2.24, 2.45) is 0 Å². The summed E-state index contributed by atoms with van der Waals surface area (Å²) in [6.45, 7) is 4.15. The molecule has 0 saturated heterocycles. The standard InChI is InChI=1S/C15H20O/c1-3-11-15(16,12-4-2)13-10-14-8-6-5-7-9-14/h5-9,16H,3-4,11-12H2,1-2H3. The van der Waals surface area contributed by atoms with Crippen LogP contribution in [0.25, 0.3) is 0 Å². The van der Waals surface area contributed by atoms with E-state index in [2.05, 4.69) is 25.7 Å². The summed E-state index contributed by atoms with van der Waals surface area (Å²) in [6.07, 6.45) is 3.42. The van der Waals surface area contributed by atoms with E-state index in [1.54, 1.807) is 0 Å². The molecule has 0 aliphatic rings. The van der Waals surface area contributed by atoms with E-state index < -0.39 is 5.60 Å². The lowest BCUT2D eigenvalue weighted by atomic mass is 9.93. The van der Waals surface area contributed by atoms with E-state index in [0.717, 1.165) is 31.2 Å². The summed E-state index contributed by atoms with van der Waals surface area (Å²) in [4.78, 5) is 0. The van der Waals surface area contributed by atoms with Crippen molar-refractivity contribution in [2.45, 2.75) is 45.1 Å². The molecule has 0 saturated carbocycles. The van der Waals surface area contributed by atoms with Gasteiger partial charge in [-0.1, -0.05) is 56.7 Å². The highest BCUT2D eigenvalue weighted by molar-refractivity contribution is 5.35. The highest BCUT2D eigenvalue weighted by atomic mass is 16.3. The Balaban J connectivity index is 2.79. The van der Waals surface area contributed by atoms with Crippen LogP contribution in [0.3, 0.4) is 0 Å². The fourth-order valence-corrected chi connectivity index (χ4v) is 1.79. The molecule has 0 fully saturated rings. The molecule has 1 N–H and O–H groups in total. The van der Waals surface area contributed by atoms with E-state index in [1.807, 2.05) is 30.3 Å². The Labute approximate surface area is 98.5 Å². The Morgan fingerprint density at radius 2 is 1.62 bits per heavy atom. The maximum Gasteiger partial charge on any atom is 0.125 e. The van der Waals surface area contributed by atoms with Crippen LogP contribution in [-0.4, -0.2) is 10.7 Å². The molecule has 0 bridgehead atoms. The Kier molecular flexibility index (Phi) is 5.08. The van der Waals surface area contributed by atoms with Crippen LogP contribution in [-0.2, 0) is 0 Å². The molecule has 1 heteroatoms. The molecule has 0 aliphatic heterocycles. The van der Waals surface area contributed by atoms with Gasteiger partial charge in [0.15, 0.2) is 0 Å². The SMILES string of the molecule is CCCC(O)(C#Cc1ccccc1)CCC. The van der Waals surface area contributed by atoms with Crippen molar-refractivity contribution >= 4 is 0 Å². The van der Waals surface area contributed by atoms with Crippen LogP contribution >= 0.6 is 0 Å². The first-order chi connectivity index (χ1) is 7.70. The fourth-order valence-electron chi connectivity index (χ4n) is 1.79. The van der Waals surface area contributed by atoms with Gasteiger partial charge in [-0.15, -0.1) is 0 Å².